The molecule has 0 aliphatic rings. The van der Waals surface area contributed by atoms with Gasteiger partial charge in [0.15, 0.2) is 0 Å². The highest BCUT2D eigenvalue weighted by Gasteiger charge is 2.00. The van der Waals surface area contributed by atoms with E-state index in [9.17, 15) is 8.78 Å². The van der Waals surface area contributed by atoms with Gasteiger partial charge in [-0.15, -0.1) is 0 Å². The Bertz CT molecular complexity index is 66.6. The van der Waals surface area contributed by atoms with Crippen LogP contribution in [-0.2, 0) is 0 Å². The maximum absolute atomic E-state index is 11.5. The molecule has 0 bridgehead atoms. The summed E-state index contributed by atoms with van der Waals surface area (Å²) < 4.78 is 23.0. The van der Waals surface area contributed by atoms with Gasteiger partial charge in [0.1, 0.15) is 0 Å². The van der Waals surface area contributed by atoms with Crippen molar-refractivity contribution in [2.45, 2.75) is 31.4 Å². The van der Waals surface area contributed by atoms with Gasteiger partial charge in [-0.2, -0.15) is 8.78 Å². The third-order valence-corrected chi connectivity index (χ3v) is 1.91. The minimum absolute atomic E-state index is 0.581. The zero-order valence-corrected chi connectivity index (χ0v) is 6.80. The summed E-state index contributed by atoms with van der Waals surface area (Å²) in [5.74, 6) is -1.61. The maximum Gasteiger partial charge on any atom is 0.284 e. The van der Waals surface area contributed by atoms with Gasteiger partial charge in [0, 0.05) is 0 Å². The molecule has 1 radical (unpaired) electrons. The predicted molar refractivity (Wildman–Crippen MR) is 42.3 cm³/mol. The molecule has 0 unspecified atom stereocenters. The summed E-state index contributed by atoms with van der Waals surface area (Å²) >= 11 is 0.728. The van der Waals surface area contributed by atoms with Gasteiger partial charge in [-0.3, -0.25) is 0 Å². The van der Waals surface area contributed by atoms with Crippen molar-refractivity contribution in [3.05, 3.63) is 6.92 Å². The van der Waals surface area contributed by atoms with E-state index >= 15 is 0 Å². The standard InChI is InChI=1S/C7H13F2S/c1-2-3-4-5-6-10-7(8)9/h7H,1-6H2. The Kier molecular flexibility index (Phi) is 7.47. The summed E-state index contributed by atoms with van der Waals surface area (Å²) in [4.78, 5) is 0. The van der Waals surface area contributed by atoms with E-state index in [0.29, 0.717) is 5.75 Å². The fourth-order valence-corrected chi connectivity index (χ4v) is 1.18. The summed E-state index contributed by atoms with van der Waals surface area (Å²) in [6.07, 6.45) is 3.90. The third kappa shape index (κ3) is 8.21. The van der Waals surface area contributed by atoms with Crippen molar-refractivity contribution in [2.75, 3.05) is 5.75 Å². The monoisotopic (exact) mass is 167 g/mol. The Morgan fingerprint density at radius 2 is 1.90 bits per heavy atom. The zero-order chi connectivity index (χ0) is 7.82. The minimum Gasteiger partial charge on any atom is -0.198 e. The van der Waals surface area contributed by atoms with Gasteiger partial charge in [-0.1, -0.05) is 37.9 Å². The summed E-state index contributed by atoms with van der Waals surface area (Å²) in [6, 6.07) is 0. The van der Waals surface area contributed by atoms with Crippen LogP contribution in [0.5, 0.6) is 0 Å². The van der Waals surface area contributed by atoms with E-state index < -0.39 is 5.76 Å². The molecule has 0 heterocycles. The molecule has 0 aromatic rings. The number of alkyl halides is 2. The molecule has 0 nitrogen and oxygen atoms in total. The van der Waals surface area contributed by atoms with Crippen molar-refractivity contribution in [1.82, 2.24) is 0 Å². The highest BCUT2D eigenvalue weighted by Crippen LogP contribution is 2.15. The van der Waals surface area contributed by atoms with E-state index in [4.69, 9.17) is 0 Å². The quantitative estimate of drug-likeness (QED) is 0.547. The molecule has 0 aromatic heterocycles. The van der Waals surface area contributed by atoms with Crippen LogP contribution in [0, 0.1) is 6.92 Å². The van der Waals surface area contributed by atoms with Crippen molar-refractivity contribution in [3.8, 4) is 0 Å². The van der Waals surface area contributed by atoms with Gasteiger partial charge in [0.2, 0.25) is 0 Å². The van der Waals surface area contributed by atoms with Crippen LogP contribution in [0.1, 0.15) is 25.7 Å². The molecule has 0 aliphatic heterocycles. The second-order valence-electron chi connectivity index (χ2n) is 2.05. The molecule has 0 saturated heterocycles. The first kappa shape index (κ1) is 10.2. The lowest BCUT2D eigenvalue weighted by molar-refractivity contribution is 0.252. The first-order valence-electron chi connectivity index (χ1n) is 3.46. The van der Waals surface area contributed by atoms with Crippen LogP contribution in [0.4, 0.5) is 8.78 Å². The van der Waals surface area contributed by atoms with E-state index in [0.717, 1.165) is 37.4 Å². The van der Waals surface area contributed by atoms with Crippen molar-refractivity contribution >= 4 is 11.8 Å². The van der Waals surface area contributed by atoms with Crippen LogP contribution >= 0.6 is 11.8 Å². The molecular formula is C7H13F2S. The Hall–Kier alpha value is 0.210. The van der Waals surface area contributed by atoms with Crippen molar-refractivity contribution in [2.24, 2.45) is 0 Å². The van der Waals surface area contributed by atoms with Gasteiger partial charge < -0.3 is 0 Å². The molecular weight excluding hydrogens is 154 g/mol. The van der Waals surface area contributed by atoms with Crippen LogP contribution in [0.25, 0.3) is 0 Å². The summed E-state index contributed by atoms with van der Waals surface area (Å²) in [7, 11) is 0. The summed E-state index contributed by atoms with van der Waals surface area (Å²) in [5.41, 5.74) is 0. The van der Waals surface area contributed by atoms with E-state index in [1.165, 1.54) is 0 Å². The number of hydrogen-bond donors (Lipinski definition) is 0. The summed E-state index contributed by atoms with van der Waals surface area (Å²) in [5, 5.41) is 0. The van der Waals surface area contributed by atoms with E-state index in [1.54, 1.807) is 0 Å². The van der Waals surface area contributed by atoms with Gasteiger partial charge in [-0.25, -0.2) is 0 Å². The van der Waals surface area contributed by atoms with E-state index in [2.05, 4.69) is 6.92 Å². The van der Waals surface area contributed by atoms with Crippen LogP contribution in [-0.4, -0.2) is 11.5 Å². The number of rotatable bonds is 6. The van der Waals surface area contributed by atoms with Crippen molar-refractivity contribution < 1.29 is 8.78 Å². The van der Waals surface area contributed by atoms with Crippen LogP contribution in [0.15, 0.2) is 0 Å². The van der Waals surface area contributed by atoms with E-state index in [1.807, 2.05) is 0 Å². The number of halogens is 2. The molecule has 3 heteroatoms. The average molecular weight is 167 g/mol. The fourth-order valence-electron chi connectivity index (χ4n) is 0.628. The first-order chi connectivity index (χ1) is 4.77. The fraction of sp³-hybridized carbons (Fsp3) is 0.857. The Morgan fingerprint density at radius 1 is 1.20 bits per heavy atom. The van der Waals surface area contributed by atoms with Crippen molar-refractivity contribution in [3.63, 3.8) is 0 Å². The highest BCUT2D eigenvalue weighted by atomic mass is 32.2. The number of unbranched alkanes of at least 4 members (excludes halogenated alkanes) is 3. The minimum atomic E-state index is -2.19. The van der Waals surface area contributed by atoms with Crippen LogP contribution < -0.4 is 0 Å². The maximum atomic E-state index is 11.5. The second-order valence-corrected chi connectivity index (χ2v) is 3.14. The molecule has 0 amide bonds. The first-order valence-corrected chi connectivity index (χ1v) is 4.51. The van der Waals surface area contributed by atoms with Crippen molar-refractivity contribution in [1.29, 1.82) is 0 Å². The Morgan fingerprint density at radius 3 is 2.40 bits per heavy atom. The Balaban J connectivity index is 2.77. The zero-order valence-electron chi connectivity index (χ0n) is 5.98. The van der Waals surface area contributed by atoms with E-state index in [-0.39, 0.29) is 0 Å². The predicted octanol–water partition coefficient (Wildman–Crippen LogP) is 3.34. The highest BCUT2D eigenvalue weighted by molar-refractivity contribution is 7.99. The smallest absolute Gasteiger partial charge is 0.198 e. The summed E-state index contributed by atoms with van der Waals surface area (Å²) in [6.45, 7) is 3.66. The van der Waals surface area contributed by atoms with Gasteiger partial charge in [0.05, 0.1) is 0 Å². The number of hydrogen-bond acceptors (Lipinski definition) is 1. The van der Waals surface area contributed by atoms with Crippen LogP contribution in [0.3, 0.4) is 0 Å². The lowest BCUT2D eigenvalue weighted by atomic mass is 10.2. The molecule has 0 saturated carbocycles. The normalized spacial score (nSPS) is 10.8. The van der Waals surface area contributed by atoms with Gasteiger partial charge >= 0.3 is 0 Å². The molecule has 0 aromatic carbocycles. The topological polar surface area (TPSA) is 0 Å². The van der Waals surface area contributed by atoms with Gasteiger partial charge in [0.25, 0.3) is 5.76 Å². The number of thioether (sulfide) groups is 1. The Labute approximate surface area is 65.4 Å². The molecule has 10 heavy (non-hydrogen) atoms. The lowest BCUT2D eigenvalue weighted by Gasteiger charge is -1.98. The average Bonchev–Trinajstić information content (AvgIpc) is 1.87. The largest absolute Gasteiger partial charge is 0.284 e. The molecule has 61 valence electrons. The lowest BCUT2D eigenvalue weighted by Crippen LogP contribution is -1.86. The molecule has 0 N–H and O–H groups in total. The third-order valence-electron chi connectivity index (χ3n) is 1.14. The molecule has 0 rings (SSSR count). The molecule has 0 fully saturated rings. The SMILES string of the molecule is [CH2]CCCCCSC(F)F. The second kappa shape index (κ2) is 7.32. The van der Waals surface area contributed by atoms with Gasteiger partial charge in [-0.05, 0) is 12.2 Å². The molecule has 0 atom stereocenters. The van der Waals surface area contributed by atoms with Crippen LogP contribution in [0.2, 0.25) is 0 Å². The molecule has 0 spiro atoms. The molecule has 0 aliphatic carbocycles.